The van der Waals surface area contributed by atoms with Crippen molar-refractivity contribution in [3.8, 4) is 11.5 Å². The van der Waals surface area contributed by atoms with Crippen LogP contribution in [0.1, 0.15) is 53.1 Å². The monoisotopic (exact) mass is 493 g/mol. The predicted molar refractivity (Wildman–Crippen MR) is 140 cm³/mol. The summed E-state index contributed by atoms with van der Waals surface area (Å²) in [5.74, 6) is 0.671. The number of amides is 1. The second-order valence-electron chi connectivity index (χ2n) is 8.47. The van der Waals surface area contributed by atoms with E-state index in [1.165, 1.54) is 27.6 Å². The summed E-state index contributed by atoms with van der Waals surface area (Å²) in [6.45, 7) is 9.10. The minimum Gasteiger partial charge on any atom is -0.493 e. The van der Waals surface area contributed by atoms with Gasteiger partial charge in [0.25, 0.3) is 0 Å². The van der Waals surface area contributed by atoms with Crippen LogP contribution in [-0.4, -0.2) is 49.1 Å². The molecule has 1 aliphatic heterocycles. The normalized spacial score (nSPS) is 14.7. The Labute approximate surface area is 209 Å². The Bertz CT molecular complexity index is 1280. The number of hydrazone groups is 1. The number of ether oxygens (including phenoxy) is 2. The van der Waals surface area contributed by atoms with Crippen molar-refractivity contribution in [2.24, 2.45) is 5.10 Å². The van der Waals surface area contributed by atoms with Crippen LogP contribution in [0.4, 0.5) is 0 Å². The molecule has 0 fully saturated rings. The first kappa shape index (κ1) is 24.9. The molecule has 1 amide bonds. The molecule has 4 rings (SSSR count). The average Bonchev–Trinajstić information content (AvgIpc) is 3.26. The first-order valence-electron chi connectivity index (χ1n) is 11.9. The summed E-state index contributed by atoms with van der Waals surface area (Å²) in [6.07, 6.45) is 0.139. The number of carbonyl (C=O) groups excluding carboxylic acids is 2. The van der Waals surface area contributed by atoms with E-state index in [0.717, 1.165) is 24.4 Å². The third-order valence-corrected chi connectivity index (χ3v) is 7.47. The highest BCUT2D eigenvalue weighted by molar-refractivity contribution is 7.19. The van der Waals surface area contributed by atoms with E-state index < -0.39 is 0 Å². The fourth-order valence-electron chi connectivity index (χ4n) is 4.27. The van der Waals surface area contributed by atoms with E-state index >= 15 is 0 Å². The smallest absolute Gasteiger partial charge is 0.240 e. The standard InChI is InChI=1S/C27H31N3O4S/c1-5-30-15-20(26-19-9-7-8-17(3)27(19)35-24(26)16-30)28-29-25(32)13-11-21(31)18-10-12-22(34-6-2)23(14-18)33-4/h7-10,12,14H,5-6,11,13,15-16H2,1-4H3,(H,29,32)/b28-20+. The quantitative estimate of drug-likeness (QED) is 0.338. The van der Waals surface area contributed by atoms with Gasteiger partial charge in [-0.3, -0.25) is 14.5 Å². The molecule has 184 valence electrons. The lowest BCUT2D eigenvalue weighted by atomic mass is 10.0. The highest BCUT2D eigenvalue weighted by Crippen LogP contribution is 2.37. The number of methoxy groups -OCH3 is 1. The van der Waals surface area contributed by atoms with Crippen molar-refractivity contribution in [2.75, 3.05) is 26.8 Å². The Kier molecular flexibility index (Phi) is 7.83. The van der Waals surface area contributed by atoms with Crippen LogP contribution in [-0.2, 0) is 11.3 Å². The fraction of sp³-hybridized carbons (Fsp3) is 0.370. The summed E-state index contributed by atoms with van der Waals surface area (Å²) in [5, 5.41) is 5.71. The molecule has 0 spiro atoms. The minimum atomic E-state index is -0.283. The van der Waals surface area contributed by atoms with Crippen molar-refractivity contribution in [1.82, 2.24) is 10.3 Å². The number of hydrogen-bond acceptors (Lipinski definition) is 7. The molecular weight excluding hydrogens is 462 g/mol. The molecule has 0 atom stereocenters. The summed E-state index contributed by atoms with van der Waals surface area (Å²) < 4.78 is 12.1. The fourth-order valence-corrected chi connectivity index (χ4v) is 5.61. The van der Waals surface area contributed by atoms with Gasteiger partial charge < -0.3 is 9.47 Å². The Morgan fingerprint density at radius 1 is 1.11 bits per heavy atom. The molecule has 2 aromatic carbocycles. The molecule has 0 unspecified atom stereocenters. The van der Waals surface area contributed by atoms with Crippen LogP contribution in [0.3, 0.4) is 0 Å². The number of fused-ring (bicyclic) bond motifs is 3. The van der Waals surface area contributed by atoms with Crippen molar-refractivity contribution < 1.29 is 19.1 Å². The van der Waals surface area contributed by atoms with Crippen molar-refractivity contribution >= 4 is 38.8 Å². The van der Waals surface area contributed by atoms with Gasteiger partial charge >= 0.3 is 0 Å². The molecule has 0 saturated carbocycles. The zero-order chi connectivity index (χ0) is 24.9. The van der Waals surface area contributed by atoms with E-state index in [1.54, 1.807) is 29.5 Å². The maximum absolute atomic E-state index is 12.7. The highest BCUT2D eigenvalue weighted by atomic mass is 32.1. The number of rotatable bonds is 9. The van der Waals surface area contributed by atoms with Crippen LogP contribution >= 0.6 is 11.3 Å². The molecule has 0 saturated heterocycles. The molecule has 7 nitrogen and oxygen atoms in total. The van der Waals surface area contributed by atoms with Crippen LogP contribution in [0, 0.1) is 6.92 Å². The third-order valence-electron chi connectivity index (χ3n) is 6.14. The lowest BCUT2D eigenvalue weighted by molar-refractivity contribution is -0.121. The molecule has 0 radical (unpaired) electrons. The summed E-state index contributed by atoms with van der Waals surface area (Å²) in [6, 6.07) is 11.4. The Morgan fingerprint density at radius 3 is 2.69 bits per heavy atom. The number of likely N-dealkylation sites (N-methyl/N-ethyl adjacent to an activating group) is 1. The van der Waals surface area contributed by atoms with Crippen molar-refractivity contribution in [3.05, 3.63) is 58.0 Å². The minimum absolute atomic E-state index is 0.0545. The van der Waals surface area contributed by atoms with Gasteiger partial charge in [0.2, 0.25) is 5.91 Å². The molecule has 8 heteroatoms. The Balaban J connectivity index is 1.45. The number of nitrogens with one attached hydrogen (secondary N) is 1. The number of benzene rings is 2. The molecular formula is C27H31N3O4S. The number of thiophene rings is 1. The van der Waals surface area contributed by atoms with Gasteiger partial charge in [-0.1, -0.05) is 25.1 Å². The summed E-state index contributed by atoms with van der Waals surface area (Å²) in [5.41, 5.74) is 6.42. The van der Waals surface area contributed by atoms with Crippen LogP contribution in [0.5, 0.6) is 11.5 Å². The van der Waals surface area contributed by atoms with Crippen LogP contribution in [0.15, 0.2) is 41.5 Å². The van der Waals surface area contributed by atoms with Gasteiger partial charge in [0.1, 0.15) is 0 Å². The molecule has 0 bridgehead atoms. The van der Waals surface area contributed by atoms with Crippen molar-refractivity contribution in [1.29, 1.82) is 0 Å². The highest BCUT2D eigenvalue weighted by Gasteiger charge is 2.26. The van der Waals surface area contributed by atoms with Gasteiger partial charge in [-0.05, 0) is 44.2 Å². The maximum atomic E-state index is 12.7. The maximum Gasteiger partial charge on any atom is 0.240 e. The van der Waals surface area contributed by atoms with Crippen molar-refractivity contribution in [3.63, 3.8) is 0 Å². The van der Waals surface area contributed by atoms with E-state index in [2.05, 4.69) is 47.5 Å². The summed E-state index contributed by atoms with van der Waals surface area (Å²) in [4.78, 5) is 28.8. The van der Waals surface area contributed by atoms with Crippen LogP contribution in [0.25, 0.3) is 10.1 Å². The number of hydrogen-bond donors (Lipinski definition) is 1. The van der Waals surface area contributed by atoms with Crippen LogP contribution < -0.4 is 14.9 Å². The lowest BCUT2D eigenvalue weighted by Crippen LogP contribution is -2.36. The van der Waals surface area contributed by atoms with Crippen LogP contribution in [0.2, 0.25) is 0 Å². The van der Waals surface area contributed by atoms with Gasteiger partial charge in [-0.2, -0.15) is 5.10 Å². The van der Waals surface area contributed by atoms with E-state index in [1.807, 2.05) is 6.92 Å². The van der Waals surface area contributed by atoms with E-state index in [9.17, 15) is 9.59 Å². The number of Topliss-reactive ketones (excluding diaryl/α,β-unsaturated/α-hetero) is 1. The van der Waals surface area contributed by atoms with Gasteiger partial charge in [0.15, 0.2) is 17.3 Å². The number of carbonyl (C=O) groups is 2. The molecule has 0 aliphatic carbocycles. The summed E-state index contributed by atoms with van der Waals surface area (Å²) >= 11 is 1.80. The van der Waals surface area contributed by atoms with Gasteiger partial charge in [-0.25, -0.2) is 5.43 Å². The lowest BCUT2D eigenvalue weighted by Gasteiger charge is -2.26. The largest absolute Gasteiger partial charge is 0.493 e. The van der Waals surface area contributed by atoms with E-state index in [-0.39, 0.29) is 24.5 Å². The molecule has 2 heterocycles. The topological polar surface area (TPSA) is 80.2 Å². The van der Waals surface area contributed by atoms with E-state index in [0.29, 0.717) is 30.2 Å². The van der Waals surface area contributed by atoms with Gasteiger partial charge in [0, 0.05) is 52.0 Å². The van der Waals surface area contributed by atoms with E-state index in [4.69, 9.17) is 9.47 Å². The average molecular weight is 494 g/mol. The Hall–Kier alpha value is -3.23. The molecule has 3 aromatic rings. The molecule has 1 aliphatic rings. The zero-order valence-corrected chi connectivity index (χ0v) is 21.5. The molecule has 1 aromatic heterocycles. The first-order valence-corrected chi connectivity index (χ1v) is 12.7. The molecule has 35 heavy (non-hydrogen) atoms. The summed E-state index contributed by atoms with van der Waals surface area (Å²) in [7, 11) is 1.53. The second-order valence-corrected chi connectivity index (χ2v) is 9.58. The SMILES string of the molecule is CCOc1ccc(C(=O)CCC(=O)N/N=C2\CN(CC)Cc3sc4c(C)cccc4c32)cc1OC. The number of nitrogens with zero attached hydrogens (tertiary/aromatic N) is 2. The van der Waals surface area contributed by atoms with Crippen molar-refractivity contribution in [2.45, 2.75) is 40.2 Å². The predicted octanol–water partition coefficient (Wildman–Crippen LogP) is 4.94. The van der Waals surface area contributed by atoms with Gasteiger partial charge in [-0.15, -0.1) is 11.3 Å². The number of ketones is 1. The third kappa shape index (κ3) is 5.39. The molecule has 1 N–H and O–H groups in total. The number of aryl methyl sites for hydroxylation is 1. The Morgan fingerprint density at radius 2 is 1.94 bits per heavy atom. The second kappa shape index (κ2) is 11.0. The van der Waals surface area contributed by atoms with Gasteiger partial charge in [0.05, 0.1) is 19.4 Å². The first-order chi connectivity index (χ1) is 16.9. The zero-order valence-electron chi connectivity index (χ0n) is 20.6.